The Morgan fingerprint density at radius 3 is 2.67 bits per heavy atom. The molecule has 9 nitrogen and oxygen atoms in total. The number of hydrogen-bond acceptors (Lipinski definition) is 6. The van der Waals surface area contributed by atoms with Crippen molar-refractivity contribution in [3.8, 4) is 11.5 Å². The van der Waals surface area contributed by atoms with Crippen LogP contribution in [0.4, 0.5) is 0 Å². The maximum atomic E-state index is 13.0. The first-order valence-electron chi connectivity index (χ1n) is 8.96. The number of carboxylic acids is 1. The smallest absolute Gasteiger partial charge is 0.358 e. The lowest BCUT2D eigenvalue weighted by molar-refractivity contribution is 0.0681. The highest BCUT2D eigenvalue weighted by atomic mass is 16.5. The molecule has 27 heavy (non-hydrogen) atoms. The van der Waals surface area contributed by atoms with E-state index in [0.717, 1.165) is 6.42 Å². The van der Waals surface area contributed by atoms with Gasteiger partial charge in [-0.2, -0.15) is 0 Å². The van der Waals surface area contributed by atoms with Gasteiger partial charge in [-0.15, -0.1) is 5.10 Å². The summed E-state index contributed by atoms with van der Waals surface area (Å²) in [5.41, 5.74) is 0.444. The van der Waals surface area contributed by atoms with Gasteiger partial charge >= 0.3 is 5.97 Å². The van der Waals surface area contributed by atoms with E-state index in [4.69, 9.17) is 14.6 Å². The van der Waals surface area contributed by atoms with Gasteiger partial charge in [-0.1, -0.05) is 11.3 Å². The van der Waals surface area contributed by atoms with Gasteiger partial charge in [0.25, 0.3) is 5.91 Å². The van der Waals surface area contributed by atoms with Crippen molar-refractivity contribution in [3.05, 3.63) is 35.7 Å². The van der Waals surface area contributed by atoms with Gasteiger partial charge in [-0.25, -0.2) is 9.48 Å². The van der Waals surface area contributed by atoms with Gasteiger partial charge in [0.2, 0.25) is 0 Å². The molecule has 0 radical (unpaired) electrons. The number of amides is 1. The van der Waals surface area contributed by atoms with Crippen LogP contribution in [0.5, 0.6) is 11.5 Å². The minimum Gasteiger partial charge on any atom is -0.490 e. The number of carbonyl (C=O) groups excluding carboxylic acids is 1. The molecule has 2 aromatic rings. The largest absolute Gasteiger partial charge is 0.490 e. The summed E-state index contributed by atoms with van der Waals surface area (Å²) in [6.07, 6.45) is 3.58. The first-order valence-corrected chi connectivity index (χ1v) is 8.96. The molecule has 4 rings (SSSR count). The number of para-hydroxylation sites is 1. The average Bonchev–Trinajstić information content (AvgIpc) is 3.06. The Kier molecular flexibility index (Phi) is 4.66. The highest BCUT2D eigenvalue weighted by molar-refractivity contribution is 5.98. The third-order valence-electron chi connectivity index (χ3n) is 4.86. The molecule has 2 aliphatic rings. The van der Waals surface area contributed by atoms with Crippen molar-refractivity contribution in [1.29, 1.82) is 0 Å². The maximum Gasteiger partial charge on any atom is 0.358 e. The van der Waals surface area contributed by atoms with Gasteiger partial charge in [-0.05, 0) is 25.0 Å². The van der Waals surface area contributed by atoms with Crippen LogP contribution in [0.1, 0.15) is 46.2 Å². The number of benzene rings is 1. The van der Waals surface area contributed by atoms with Crippen LogP contribution < -0.4 is 9.47 Å². The van der Waals surface area contributed by atoms with Gasteiger partial charge in [0, 0.05) is 19.5 Å². The number of carbonyl (C=O) groups is 2. The van der Waals surface area contributed by atoms with Gasteiger partial charge in [0.15, 0.2) is 17.2 Å². The summed E-state index contributed by atoms with van der Waals surface area (Å²) < 4.78 is 13.0. The van der Waals surface area contributed by atoms with E-state index in [0.29, 0.717) is 56.2 Å². The molecule has 3 heterocycles. The second kappa shape index (κ2) is 7.26. The number of carboxylic acid groups (broad SMARTS) is 1. The Balaban J connectivity index is 1.45. The summed E-state index contributed by atoms with van der Waals surface area (Å²) in [6.45, 7) is 2.20. The lowest BCUT2D eigenvalue weighted by Gasteiger charge is -2.32. The third-order valence-corrected chi connectivity index (χ3v) is 4.86. The number of rotatable bonds is 3. The molecule has 0 saturated carbocycles. The predicted molar refractivity (Wildman–Crippen MR) is 93.2 cm³/mol. The van der Waals surface area contributed by atoms with Gasteiger partial charge in [0.05, 0.1) is 31.0 Å². The molecule has 0 atom stereocenters. The first-order chi connectivity index (χ1) is 13.1. The van der Waals surface area contributed by atoms with Crippen LogP contribution in [-0.4, -0.2) is 63.2 Å². The zero-order valence-electron chi connectivity index (χ0n) is 14.7. The molecule has 1 aromatic carbocycles. The minimum absolute atomic E-state index is 0.0297. The molecule has 1 amide bonds. The van der Waals surface area contributed by atoms with Crippen molar-refractivity contribution in [2.75, 3.05) is 26.3 Å². The number of ether oxygens (including phenoxy) is 2. The highest BCUT2D eigenvalue weighted by Crippen LogP contribution is 2.34. The fourth-order valence-electron chi connectivity index (χ4n) is 3.42. The molecule has 2 aliphatic heterocycles. The summed E-state index contributed by atoms with van der Waals surface area (Å²) in [5, 5.41) is 16.5. The van der Waals surface area contributed by atoms with Crippen molar-refractivity contribution in [2.45, 2.75) is 25.3 Å². The van der Waals surface area contributed by atoms with Gasteiger partial charge in [0.1, 0.15) is 0 Å². The van der Waals surface area contributed by atoms with E-state index >= 15 is 0 Å². The second-order valence-corrected chi connectivity index (χ2v) is 6.60. The fraction of sp³-hybridized carbons (Fsp3) is 0.444. The molecule has 0 unspecified atom stereocenters. The monoisotopic (exact) mass is 372 g/mol. The van der Waals surface area contributed by atoms with Crippen molar-refractivity contribution in [2.24, 2.45) is 0 Å². The molecular weight excluding hydrogens is 352 g/mol. The molecule has 1 aromatic heterocycles. The predicted octanol–water partition coefficient (Wildman–Crippen LogP) is 1.61. The number of piperidine rings is 1. The zero-order chi connectivity index (χ0) is 18.8. The van der Waals surface area contributed by atoms with Crippen LogP contribution in [-0.2, 0) is 0 Å². The molecule has 1 saturated heterocycles. The van der Waals surface area contributed by atoms with E-state index in [-0.39, 0.29) is 17.6 Å². The second-order valence-electron chi connectivity index (χ2n) is 6.60. The SMILES string of the molecule is O=C(O)c1cn(C2CCN(C(=O)c3cccc4c3OCCCO4)CC2)nn1. The number of nitrogens with zero attached hydrogens (tertiary/aromatic N) is 4. The molecule has 0 aliphatic carbocycles. The summed E-state index contributed by atoms with van der Waals surface area (Å²) in [7, 11) is 0. The van der Waals surface area contributed by atoms with Crippen molar-refractivity contribution >= 4 is 11.9 Å². The minimum atomic E-state index is -1.10. The Morgan fingerprint density at radius 2 is 1.93 bits per heavy atom. The summed E-state index contributed by atoms with van der Waals surface area (Å²) in [5.74, 6) is -0.0528. The van der Waals surface area contributed by atoms with E-state index < -0.39 is 5.97 Å². The lowest BCUT2D eigenvalue weighted by atomic mass is 10.0. The third kappa shape index (κ3) is 3.44. The van der Waals surface area contributed by atoms with Crippen LogP contribution in [0.15, 0.2) is 24.4 Å². The molecule has 0 spiro atoms. The Hall–Kier alpha value is -3.10. The fourth-order valence-corrected chi connectivity index (χ4v) is 3.42. The number of fused-ring (bicyclic) bond motifs is 1. The van der Waals surface area contributed by atoms with Crippen LogP contribution in [0.25, 0.3) is 0 Å². The van der Waals surface area contributed by atoms with Gasteiger partial charge < -0.3 is 19.5 Å². The summed E-state index contributed by atoms with van der Waals surface area (Å²) >= 11 is 0. The topological polar surface area (TPSA) is 107 Å². The zero-order valence-corrected chi connectivity index (χ0v) is 14.7. The van der Waals surface area contributed by atoms with Gasteiger partial charge in [-0.3, -0.25) is 4.79 Å². The van der Waals surface area contributed by atoms with Crippen LogP contribution >= 0.6 is 0 Å². The Morgan fingerprint density at radius 1 is 1.15 bits per heavy atom. The Labute approximate surface area is 155 Å². The standard InChI is InChI=1S/C18H20N4O5/c23-17(13-3-1-4-15-16(13)27-10-2-9-26-15)21-7-5-12(6-8-21)22-11-14(18(24)25)19-20-22/h1,3-4,11-12H,2,5-10H2,(H,24,25). The number of likely N-dealkylation sites (tertiary alicyclic amines) is 1. The normalized spacial score (nSPS) is 17.4. The summed E-state index contributed by atoms with van der Waals surface area (Å²) in [6, 6.07) is 5.41. The highest BCUT2D eigenvalue weighted by Gasteiger charge is 2.28. The number of aromatic nitrogens is 3. The van der Waals surface area contributed by atoms with E-state index in [1.54, 1.807) is 21.7 Å². The molecule has 1 N–H and O–H groups in total. The van der Waals surface area contributed by atoms with Crippen molar-refractivity contribution < 1.29 is 24.2 Å². The molecule has 1 fully saturated rings. The molecular formula is C18H20N4O5. The average molecular weight is 372 g/mol. The van der Waals surface area contributed by atoms with Crippen LogP contribution in [0.2, 0.25) is 0 Å². The quantitative estimate of drug-likeness (QED) is 0.872. The van der Waals surface area contributed by atoms with E-state index in [9.17, 15) is 9.59 Å². The van der Waals surface area contributed by atoms with Crippen LogP contribution in [0, 0.1) is 0 Å². The first kappa shape index (κ1) is 17.3. The molecule has 142 valence electrons. The van der Waals surface area contributed by atoms with E-state index in [2.05, 4.69) is 10.3 Å². The number of aromatic carboxylic acids is 1. The summed E-state index contributed by atoms with van der Waals surface area (Å²) in [4.78, 5) is 25.7. The van der Waals surface area contributed by atoms with Crippen LogP contribution in [0.3, 0.4) is 0 Å². The maximum absolute atomic E-state index is 13.0. The van der Waals surface area contributed by atoms with E-state index in [1.807, 2.05) is 6.07 Å². The van der Waals surface area contributed by atoms with E-state index in [1.165, 1.54) is 6.20 Å². The Bertz CT molecular complexity index is 857. The van der Waals surface area contributed by atoms with Crippen molar-refractivity contribution in [3.63, 3.8) is 0 Å². The molecule has 9 heteroatoms. The number of hydrogen-bond donors (Lipinski definition) is 1. The van der Waals surface area contributed by atoms with Crippen molar-refractivity contribution in [1.82, 2.24) is 19.9 Å². The molecule has 0 bridgehead atoms. The lowest BCUT2D eigenvalue weighted by Crippen LogP contribution is -2.39.